The average Bonchev–Trinajstić information content (AvgIpc) is 2.96. The second kappa shape index (κ2) is 5.57. The summed E-state index contributed by atoms with van der Waals surface area (Å²) in [5.74, 6) is 0.371. The molecule has 0 radical (unpaired) electrons. The third-order valence-corrected chi connectivity index (χ3v) is 4.00. The number of hydrogen-bond donors (Lipinski definition) is 1. The number of thiophene rings is 1. The topological polar surface area (TPSA) is 38.3 Å². The van der Waals surface area contributed by atoms with Crippen molar-refractivity contribution in [3.05, 3.63) is 22.4 Å². The zero-order valence-corrected chi connectivity index (χ0v) is 10.3. The van der Waals surface area contributed by atoms with Crippen molar-refractivity contribution >= 4 is 17.1 Å². The Morgan fingerprint density at radius 3 is 3.19 bits per heavy atom. The fraction of sp³-hybridized carbons (Fsp3) is 0.583. The van der Waals surface area contributed by atoms with Crippen molar-refractivity contribution in [3.8, 4) is 0 Å². The maximum absolute atomic E-state index is 12.0. The lowest BCUT2D eigenvalue weighted by Gasteiger charge is -2.14. The van der Waals surface area contributed by atoms with Crippen LogP contribution in [0.1, 0.15) is 11.3 Å². The summed E-state index contributed by atoms with van der Waals surface area (Å²) in [6.07, 6.45) is 1.50. The Morgan fingerprint density at radius 2 is 2.50 bits per heavy atom. The molecule has 1 aliphatic rings. The fourth-order valence-corrected chi connectivity index (χ4v) is 2.75. The van der Waals surface area contributed by atoms with E-state index in [1.54, 1.807) is 11.3 Å². The third-order valence-electron chi connectivity index (χ3n) is 3.06. The second-order valence-corrected chi connectivity index (χ2v) is 5.12. The summed E-state index contributed by atoms with van der Waals surface area (Å²) >= 11 is 1.71. The molecular formula is C12H17NO2S. The molecular weight excluding hydrogens is 222 g/mol. The van der Waals surface area contributed by atoms with E-state index in [2.05, 4.69) is 16.8 Å². The Balaban J connectivity index is 1.83. The van der Waals surface area contributed by atoms with Crippen molar-refractivity contribution in [2.75, 3.05) is 20.3 Å². The molecule has 1 N–H and O–H groups in total. The first-order chi connectivity index (χ1) is 7.81. The van der Waals surface area contributed by atoms with Crippen molar-refractivity contribution < 1.29 is 9.53 Å². The average molecular weight is 239 g/mol. The highest BCUT2D eigenvalue weighted by molar-refractivity contribution is 7.09. The van der Waals surface area contributed by atoms with Gasteiger partial charge in [-0.05, 0) is 24.9 Å². The van der Waals surface area contributed by atoms with Gasteiger partial charge in [0.25, 0.3) is 0 Å². The first kappa shape index (κ1) is 11.8. The normalized spacial score (nSPS) is 24.8. The first-order valence-electron chi connectivity index (χ1n) is 5.61. The monoisotopic (exact) mass is 239 g/mol. The third kappa shape index (κ3) is 2.70. The lowest BCUT2D eigenvalue weighted by Crippen LogP contribution is -2.37. The van der Waals surface area contributed by atoms with Crippen LogP contribution in [0.5, 0.6) is 0 Å². The van der Waals surface area contributed by atoms with Gasteiger partial charge < -0.3 is 10.1 Å². The van der Waals surface area contributed by atoms with E-state index >= 15 is 0 Å². The molecule has 2 atom stereocenters. The highest BCUT2D eigenvalue weighted by atomic mass is 32.1. The van der Waals surface area contributed by atoms with Gasteiger partial charge in [0, 0.05) is 17.3 Å². The van der Waals surface area contributed by atoms with Crippen LogP contribution in [0.15, 0.2) is 17.5 Å². The van der Waals surface area contributed by atoms with Gasteiger partial charge in [0.15, 0.2) is 0 Å². The predicted octanol–water partition coefficient (Wildman–Crippen LogP) is 1.48. The molecule has 2 rings (SSSR count). The van der Waals surface area contributed by atoms with E-state index in [0.717, 1.165) is 6.42 Å². The van der Waals surface area contributed by atoms with E-state index < -0.39 is 0 Å². The van der Waals surface area contributed by atoms with Crippen molar-refractivity contribution in [1.82, 2.24) is 5.32 Å². The van der Waals surface area contributed by atoms with E-state index in [-0.39, 0.29) is 12.0 Å². The maximum Gasteiger partial charge on any atom is 0.140 e. The van der Waals surface area contributed by atoms with E-state index in [9.17, 15) is 4.79 Å². The minimum absolute atomic E-state index is 0.0463. The molecule has 2 unspecified atom stereocenters. The Labute approximate surface area is 99.8 Å². The standard InChI is InChI=1S/C12H17NO2S/c1-13-11-8-15-7-10(11)12(14)5-4-9-3-2-6-16-9/h2-3,6,10-11,13H,4-5,7-8H2,1H3. The van der Waals surface area contributed by atoms with Gasteiger partial charge >= 0.3 is 0 Å². The number of hydrogen-bond acceptors (Lipinski definition) is 4. The summed E-state index contributed by atoms with van der Waals surface area (Å²) in [7, 11) is 1.89. The van der Waals surface area contributed by atoms with Gasteiger partial charge in [-0.15, -0.1) is 11.3 Å². The van der Waals surface area contributed by atoms with Crippen molar-refractivity contribution in [3.63, 3.8) is 0 Å². The lowest BCUT2D eigenvalue weighted by molar-refractivity contribution is -0.123. The van der Waals surface area contributed by atoms with Gasteiger partial charge in [0.05, 0.1) is 19.1 Å². The molecule has 1 saturated heterocycles. The number of aryl methyl sites for hydroxylation is 1. The number of Topliss-reactive ketones (excluding diaryl/α,β-unsaturated/α-hetero) is 1. The SMILES string of the molecule is CNC1COCC1C(=O)CCc1cccs1. The molecule has 0 saturated carbocycles. The molecule has 0 amide bonds. The van der Waals surface area contributed by atoms with E-state index in [1.807, 2.05) is 13.1 Å². The largest absolute Gasteiger partial charge is 0.379 e. The van der Waals surface area contributed by atoms with Crippen LogP contribution in [0.3, 0.4) is 0 Å². The predicted molar refractivity (Wildman–Crippen MR) is 64.8 cm³/mol. The van der Waals surface area contributed by atoms with Gasteiger partial charge in [0.2, 0.25) is 0 Å². The van der Waals surface area contributed by atoms with Crippen LogP contribution >= 0.6 is 11.3 Å². The number of carbonyl (C=O) groups excluding carboxylic acids is 1. The van der Waals surface area contributed by atoms with E-state index in [4.69, 9.17) is 4.74 Å². The first-order valence-corrected chi connectivity index (χ1v) is 6.49. The molecule has 1 fully saturated rings. The van der Waals surface area contributed by atoms with Crippen molar-refractivity contribution in [2.24, 2.45) is 5.92 Å². The van der Waals surface area contributed by atoms with Crippen LogP contribution in [-0.4, -0.2) is 32.1 Å². The summed E-state index contributed by atoms with van der Waals surface area (Å²) in [5.41, 5.74) is 0. The molecule has 1 aromatic heterocycles. The van der Waals surface area contributed by atoms with Crippen LogP contribution in [0.2, 0.25) is 0 Å². The van der Waals surface area contributed by atoms with Crippen LogP contribution in [-0.2, 0) is 16.0 Å². The van der Waals surface area contributed by atoms with Crippen LogP contribution in [0.4, 0.5) is 0 Å². The van der Waals surface area contributed by atoms with E-state index in [1.165, 1.54) is 4.88 Å². The second-order valence-electron chi connectivity index (χ2n) is 4.08. The van der Waals surface area contributed by atoms with Crippen molar-refractivity contribution in [2.45, 2.75) is 18.9 Å². The lowest BCUT2D eigenvalue weighted by atomic mass is 9.95. The van der Waals surface area contributed by atoms with E-state index in [0.29, 0.717) is 25.4 Å². The smallest absolute Gasteiger partial charge is 0.140 e. The van der Waals surface area contributed by atoms with Crippen LogP contribution < -0.4 is 5.32 Å². The maximum atomic E-state index is 12.0. The molecule has 1 aliphatic heterocycles. The molecule has 0 spiro atoms. The quantitative estimate of drug-likeness (QED) is 0.846. The van der Waals surface area contributed by atoms with Crippen molar-refractivity contribution in [1.29, 1.82) is 0 Å². The zero-order chi connectivity index (χ0) is 11.4. The number of rotatable bonds is 5. The van der Waals surface area contributed by atoms with Gasteiger partial charge in [0.1, 0.15) is 5.78 Å². The molecule has 2 heterocycles. The number of nitrogens with one attached hydrogen (secondary N) is 1. The summed E-state index contributed by atoms with van der Waals surface area (Å²) in [5, 5.41) is 5.20. The Bertz CT molecular complexity index is 337. The molecule has 0 aromatic carbocycles. The molecule has 0 aliphatic carbocycles. The van der Waals surface area contributed by atoms with Crippen LogP contribution in [0, 0.1) is 5.92 Å². The molecule has 16 heavy (non-hydrogen) atoms. The number of carbonyl (C=O) groups is 1. The van der Waals surface area contributed by atoms with Crippen LogP contribution in [0.25, 0.3) is 0 Å². The van der Waals surface area contributed by atoms with Gasteiger partial charge in [-0.25, -0.2) is 0 Å². The minimum atomic E-state index is 0.0463. The van der Waals surface area contributed by atoms with Gasteiger partial charge in [-0.3, -0.25) is 4.79 Å². The fourth-order valence-electron chi connectivity index (χ4n) is 2.04. The zero-order valence-electron chi connectivity index (χ0n) is 9.44. The molecule has 88 valence electrons. The summed E-state index contributed by atoms with van der Waals surface area (Å²) in [6, 6.07) is 4.31. The Kier molecular flexibility index (Phi) is 4.09. The summed E-state index contributed by atoms with van der Waals surface area (Å²) in [6.45, 7) is 1.24. The molecule has 1 aromatic rings. The summed E-state index contributed by atoms with van der Waals surface area (Å²) < 4.78 is 5.34. The minimum Gasteiger partial charge on any atom is -0.379 e. The Hall–Kier alpha value is -0.710. The number of likely N-dealkylation sites (N-methyl/N-ethyl adjacent to an activating group) is 1. The Morgan fingerprint density at radius 1 is 1.62 bits per heavy atom. The highest BCUT2D eigenvalue weighted by Crippen LogP contribution is 2.18. The molecule has 4 heteroatoms. The molecule has 3 nitrogen and oxygen atoms in total. The highest BCUT2D eigenvalue weighted by Gasteiger charge is 2.32. The van der Waals surface area contributed by atoms with Gasteiger partial charge in [-0.1, -0.05) is 6.07 Å². The number of ether oxygens (including phenoxy) is 1. The molecule has 0 bridgehead atoms. The number of ketones is 1. The van der Waals surface area contributed by atoms with Gasteiger partial charge in [-0.2, -0.15) is 0 Å². The summed E-state index contributed by atoms with van der Waals surface area (Å²) in [4.78, 5) is 13.3.